The van der Waals surface area contributed by atoms with Gasteiger partial charge in [0.2, 0.25) is 0 Å². The molecule has 1 aromatic heterocycles. The highest BCUT2D eigenvalue weighted by Crippen LogP contribution is 2.28. The van der Waals surface area contributed by atoms with Gasteiger partial charge in [0.15, 0.2) is 0 Å². The third kappa shape index (κ3) is 3.59. The van der Waals surface area contributed by atoms with Gasteiger partial charge in [-0.2, -0.15) is 4.31 Å². The molecule has 2 heterocycles. The Morgan fingerprint density at radius 1 is 1.40 bits per heavy atom. The second kappa shape index (κ2) is 7.00. The van der Waals surface area contributed by atoms with Crippen LogP contribution in [0.3, 0.4) is 0 Å². The van der Waals surface area contributed by atoms with Crippen molar-refractivity contribution < 1.29 is 13.2 Å². The predicted molar refractivity (Wildman–Crippen MR) is 80.6 cm³/mol. The first-order valence-electron chi connectivity index (χ1n) is 6.93. The number of sulfonamides is 1. The van der Waals surface area contributed by atoms with Crippen LogP contribution in [0.5, 0.6) is 0 Å². The first-order chi connectivity index (χ1) is 9.55. The molecule has 0 spiro atoms. The minimum atomic E-state index is -3.37. The zero-order valence-corrected chi connectivity index (χ0v) is 13.6. The largest absolute Gasteiger partial charge is 0.380 e. The van der Waals surface area contributed by atoms with E-state index < -0.39 is 10.0 Å². The number of rotatable bonds is 5. The molecule has 5 nitrogen and oxygen atoms in total. The van der Waals surface area contributed by atoms with E-state index >= 15 is 0 Å². The fourth-order valence-electron chi connectivity index (χ4n) is 2.12. The number of ether oxygens (including phenoxy) is 1. The quantitative estimate of drug-likeness (QED) is 0.895. The van der Waals surface area contributed by atoms with Gasteiger partial charge >= 0.3 is 0 Å². The summed E-state index contributed by atoms with van der Waals surface area (Å²) in [5.41, 5.74) is 1.04. The summed E-state index contributed by atoms with van der Waals surface area (Å²) in [5.74, 6) is 0. The summed E-state index contributed by atoms with van der Waals surface area (Å²) in [6, 6.07) is 1.79. The number of hydrogen-bond donors (Lipinski definition) is 1. The fourth-order valence-corrected chi connectivity index (χ4v) is 5.30. The van der Waals surface area contributed by atoms with Crippen molar-refractivity contribution in [1.29, 1.82) is 0 Å². The van der Waals surface area contributed by atoms with Crippen molar-refractivity contribution in [3.63, 3.8) is 0 Å². The topological polar surface area (TPSA) is 58.6 Å². The fraction of sp³-hybridized carbons (Fsp3) is 0.692. The summed E-state index contributed by atoms with van der Waals surface area (Å²) >= 11 is 1.37. The van der Waals surface area contributed by atoms with Crippen LogP contribution in [-0.2, 0) is 21.3 Å². The van der Waals surface area contributed by atoms with Crippen molar-refractivity contribution in [2.45, 2.75) is 31.0 Å². The summed E-state index contributed by atoms with van der Waals surface area (Å²) in [6.07, 6.45) is 0.758. The van der Waals surface area contributed by atoms with Crippen LogP contribution in [0.15, 0.2) is 10.3 Å². The Kier molecular flexibility index (Phi) is 5.57. The molecule has 0 amide bonds. The van der Waals surface area contributed by atoms with E-state index in [1.54, 1.807) is 10.4 Å². The molecule has 1 aromatic rings. The maximum absolute atomic E-state index is 12.6. The second-order valence-electron chi connectivity index (χ2n) is 4.82. The highest BCUT2D eigenvalue weighted by atomic mass is 32.2. The van der Waals surface area contributed by atoms with Crippen LogP contribution in [0, 0.1) is 6.92 Å². The van der Waals surface area contributed by atoms with E-state index in [4.69, 9.17) is 4.74 Å². The molecule has 0 atom stereocenters. The molecule has 0 unspecified atom stereocenters. The van der Waals surface area contributed by atoms with E-state index in [1.165, 1.54) is 11.3 Å². The summed E-state index contributed by atoms with van der Waals surface area (Å²) in [5, 5.41) is 3.24. The lowest BCUT2D eigenvalue weighted by molar-refractivity contribution is 0.148. The SMILES string of the molecule is CCNCc1sc(S(=O)(=O)N2CCCOCC2)cc1C. The summed E-state index contributed by atoms with van der Waals surface area (Å²) in [4.78, 5) is 1.09. The van der Waals surface area contributed by atoms with Gasteiger partial charge < -0.3 is 10.1 Å². The minimum Gasteiger partial charge on any atom is -0.380 e. The monoisotopic (exact) mass is 318 g/mol. The van der Waals surface area contributed by atoms with Crippen LogP contribution in [0.25, 0.3) is 0 Å². The maximum atomic E-state index is 12.6. The Morgan fingerprint density at radius 2 is 2.20 bits per heavy atom. The normalized spacial score (nSPS) is 18.1. The van der Waals surface area contributed by atoms with Gasteiger partial charge in [0.05, 0.1) is 6.61 Å². The molecule has 114 valence electrons. The van der Waals surface area contributed by atoms with Gasteiger partial charge in [0, 0.05) is 31.1 Å². The Morgan fingerprint density at radius 3 is 2.95 bits per heavy atom. The maximum Gasteiger partial charge on any atom is 0.252 e. The molecule has 0 aliphatic carbocycles. The summed E-state index contributed by atoms with van der Waals surface area (Å²) in [7, 11) is -3.37. The van der Waals surface area contributed by atoms with E-state index in [9.17, 15) is 8.42 Å². The smallest absolute Gasteiger partial charge is 0.252 e. The van der Waals surface area contributed by atoms with Gasteiger partial charge in [0.1, 0.15) is 4.21 Å². The van der Waals surface area contributed by atoms with Gasteiger partial charge in [-0.05, 0) is 31.5 Å². The molecular formula is C13H22N2O3S2. The molecule has 0 bridgehead atoms. The van der Waals surface area contributed by atoms with Crippen LogP contribution < -0.4 is 5.32 Å². The number of nitrogens with zero attached hydrogens (tertiary/aromatic N) is 1. The van der Waals surface area contributed by atoms with E-state index in [0.717, 1.165) is 30.0 Å². The molecule has 1 saturated heterocycles. The van der Waals surface area contributed by atoms with Gasteiger partial charge in [-0.3, -0.25) is 0 Å². The number of hydrogen-bond acceptors (Lipinski definition) is 5. The van der Waals surface area contributed by atoms with Gasteiger partial charge in [-0.1, -0.05) is 6.92 Å². The van der Waals surface area contributed by atoms with Gasteiger partial charge in [-0.15, -0.1) is 11.3 Å². The molecular weight excluding hydrogens is 296 g/mol. The average molecular weight is 318 g/mol. The average Bonchev–Trinajstić information content (AvgIpc) is 2.66. The van der Waals surface area contributed by atoms with Crippen molar-refractivity contribution in [3.05, 3.63) is 16.5 Å². The second-order valence-corrected chi connectivity index (χ2v) is 8.12. The molecule has 1 aliphatic rings. The molecule has 0 saturated carbocycles. The van der Waals surface area contributed by atoms with E-state index in [-0.39, 0.29) is 0 Å². The Bertz CT molecular complexity index is 532. The first-order valence-corrected chi connectivity index (χ1v) is 9.19. The summed E-state index contributed by atoms with van der Waals surface area (Å²) in [6.45, 7) is 7.72. The van der Waals surface area contributed by atoms with E-state index in [2.05, 4.69) is 5.32 Å². The minimum absolute atomic E-state index is 0.446. The van der Waals surface area contributed by atoms with Crippen LogP contribution in [0.1, 0.15) is 23.8 Å². The Labute approximate surface area is 125 Å². The van der Waals surface area contributed by atoms with Crippen LogP contribution >= 0.6 is 11.3 Å². The van der Waals surface area contributed by atoms with Crippen LogP contribution in [0.4, 0.5) is 0 Å². The number of thiophene rings is 1. The zero-order chi connectivity index (χ0) is 14.6. The molecule has 1 aliphatic heterocycles. The van der Waals surface area contributed by atoms with E-state index in [0.29, 0.717) is 30.5 Å². The third-order valence-electron chi connectivity index (χ3n) is 3.31. The number of nitrogens with one attached hydrogen (secondary N) is 1. The Hall–Kier alpha value is -0.470. The van der Waals surface area contributed by atoms with Crippen molar-refractivity contribution in [2.75, 3.05) is 32.8 Å². The highest BCUT2D eigenvalue weighted by molar-refractivity contribution is 7.91. The molecule has 20 heavy (non-hydrogen) atoms. The molecule has 2 rings (SSSR count). The first kappa shape index (κ1) is 15.9. The summed E-state index contributed by atoms with van der Waals surface area (Å²) < 4.78 is 32.6. The van der Waals surface area contributed by atoms with Crippen LogP contribution in [0.2, 0.25) is 0 Å². The highest BCUT2D eigenvalue weighted by Gasteiger charge is 2.27. The van der Waals surface area contributed by atoms with Crippen molar-refractivity contribution >= 4 is 21.4 Å². The predicted octanol–water partition coefficient (Wildman–Crippen LogP) is 1.58. The lowest BCUT2D eigenvalue weighted by Gasteiger charge is -2.17. The standard InChI is InChI=1S/C13H22N2O3S2/c1-3-14-10-12-11(2)9-13(19-12)20(16,17)15-5-4-7-18-8-6-15/h9,14H,3-8,10H2,1-2H3. The van der Waals surface area contributed by atoms with Gasteiger partial charge in [-0.25, -0.2) is 8.42 Å². The lowest BCUT2D eigenvalue weighted by Crippen LogP contribution is -2.32. The van der Waals surface area contributed by atoms with E-state index in [1.807, 2.05) is 13.8 Å². The molecule has 0 radical (unpaired) electrons. The molecule has 1 fully saturated rings. The molecule has 0 aromatic carbocycles. The number of aryl methyl sites for hydroxylation is 1. The molecule has 1 N–H and O–H groups in total. The molecule has 7 heteroatoms. The van der Waals surface area contributed by atoms with Crippen molar-refractivity contribution in [3.8, 4) is 0 Å². The van der Waals surface area contributed by atoms with Crippen molar-refractivity contribution in [1.82, 2.24) is 9.62 Å². The van der Waals surface area contributed by atoms with Gasteiger partial charge in [0.25, 0.3) is 10.0 Å². The lowest BCUT2D eigenvalue weighted by atomic mass is 10.3. The van der Waals surface area contributed by atoms with Crippen LogP contribution in [-0.4, -0.2) is 45.6 Å². The van der Waals surface area contributed by atoms with Crippen molar-refractivity contribution in [2.24, 2.45) is 0 Å². The zero-order valence-electron chi connectivity index (χ0n) is 12.0. The Balaban J connectivity index is 2.20. The third-order valence-corrected chi connectivity index (χ3v) is 6.89.